The fourth-order valence-corrected chi connectivity index (χ4v) is 5.75. The number of guanidine groups is 3. The summed E-state index contributed by atoms with van der Waals surface area (Å²) in [6.45, 7) is 8.80. The zero-order valence-electron chi connectivity index (χ0n) is 36.7. The number of nitrogens with two attached hydrogens (primary N) is 7. The first-order valence-corrected chi connectivity index (χ1v) is 20.5. The van der Waals surface area contributed by atoms with Crippen LogP contribution in [-0.4, -0.2) is 137 Å². The molecule has 63 heavy (non-hydrogen) atoms. The van der Waals surface area contributed by atoms with Crippen LogP contribution in [0.15, 0.2) is 15.0 Å². The maximum absolute atomic E-state index is 13.7. The number of carbonyl (C=O) groups is 8. The van der Waals surface area contributed by atoms with Gasteiger partial charge in [0.1, 0.15) is 36.3 Å². The van der Waals surface area contributed by atoms with Crippen molar-refractivity contribution in [3.63, 3.8) is 0 Å². The Bertz CT molecular complexity index is 1630. The molecule has 0 aliphatic heterocycles. The zero-order chi connectivity index (χ0) is 48.4. The third-order valence-electron chi connectivity index (χ3n) is 8.89. The van der Waals surface area contributed by atoms with Crippen molar-refractivity contribution in [1.82, 2.24) is 31.9 Å². The van der Waals surface area contributed by atoms with Crippen molar-refractivity contribution < 1.29 is 48.6 Å². The number of carboxylic acids is 2. The molecule has 0 saturated carbocycles. The van der Waals surface area contributed by atoms with Crippen molar-refractivity contribution in [3.05, 3.63) is 0 Å². The van der Waals surface area contributed by atoms with Crippen molar-refractivity contribution in [2.24, 2.45) is 66.9 Å². The molecule has 0 unspecified atom stereocenters. The molecule has 0 radical (unpaired) electrons. The summed E-state index contributed by atoms with van der Waals surface area (Å²) in [7, 11) is 0. The summed E-state index contributed by atoms with van der Waals surface area (Å²) in [4.78, 5) is 116. The second kappa shape index (κ2) is 29.7. The average Bonchev–Trinajstić information content (AvgIpc) is 3.16. The number of carbonyl (C=O) groups excluding carboxylic acids is 6. The molecule has 26 heteroatoms. The van der Waals surface area contributed by atoms with E-state index in [9.17, 15) is 48.6 Å². The molecule has 0 bridgehead atoms. The molecule has 0 aromatic heterocycles. The molecule has 0 aromatic carbocycles. The van der Waals surface area contributed by atoms with E-state index in [0.717, 1.165) is 0 Å². The molecule has 0 aliphatic rings. The second-order valence-corrected chi connectivity index (χ2v) is 15.7. The number of aliphatic imine (C=N–C) groups is 3. The molecule has 0 saturated heterocycles. The molecule has 0 aliphatic carbocycles. The lowest BCUT2D eigenvalue weighted by Crippen LogP contribution is -2.59. The quantitative estimate of drug-likeness (QED) is 0.0176. The van der Waals surface area contributed by atoms with Gasteiger partial charge in [-0.15, -0.1) is 0 Å². The number of carboxylic acid groups (broad SMARTS) is 2. The first-order valence-electron chi connectivity index (χ1n) is 20.5. The van der Waals surface area contributed by atoms with Crippen LogP contribution in [0.4, 0.5) is 0 Å². The number of aliphatic carboxylic acids is 2. The van der Waals surface area contributed by atoms with Crippen LogP contribution in [0.3, 0.4) is 0 Å². The van der Waals surface area contributed by atoms with Crippen molar-refractivity contribution in [2.45, 2.75) is 135 Å². The number of rotatable bonds is 31. The summed E-state index contributed by atoms with van der Waals surface area (Å²) >= 11 is 0. The van der Waals surface area contributed by atoms with E-state index in [-0.39, 0.29) is 94.3 Å². The highest BCUT2D eigenvalue weighted by atomic mass is 16.4. The van der Waals surface area contributed by atoms with Gasteiger partial charge in [0.2, 0.25) is 35.4 Å². The Morgan fingerprint density at radius 3 is 1.22 bits per heavy atom. The van der Waals surface area contributed by atoms with Crippen molar-refractivity contribution in [3.8, 4) is 0 Å². The number of nitrogens with zero attached hydrogens (tertiary/aromatic N) is 3. The molecule has 6 amide bonds. The van der Waals surface area contributed by atoms with Gasteiger partial charge in [0.05, 0.1) is 12.5 Å². The summed E-state index contributed by atoms with van der Waals surface area (Å²) in [5, 5.41) is 33.9. The maximum Gasteiger partial charge on any atom is 0.326 e. The highest BCUT2D eigenvalue weighted by Crippen LogP contribution is 2.10. The standard InChI is InChI=1S/C37H70N16O10/c1-18(2)15-24(32(60)53-26(17-27(54)55)33(61)50-23(34(62)63)11-8-14-47-37(43)44)51-28(56)20(5)48-30(58)22(10-7-13-46-36(41)42)49-31(59)25(16-19(3)4)52-29(57)21(38)9-6-12-45-35(39)40/h18-26H,6-17,38H2,1-5H3,(H,48,58)(H,49,59)(H,50,61)(H,51,56)(H,52,57)(H,53,60)(H,54,55)(H,62,63)(H4,39,40,45)(H4,41,42,46)(H4,43,44,47)/t20-,21-,22-,23-,24-,25-,26-/m0/s1. The molecular formula is C37H70N16O10. The lowest BCUT2D eigenvalue weighted by Gasteiger charge is -2.27. The number of hydrogen-bond donors (Lipinski definition) is 15. The van der Waals surface area contributed by atoms with Gasteiger partial charge in [-0.25, -0.2) is 4.79 Å². The Balaban J connectivity index is 6.14. The summed E-state index contributed by atoms with van der Waals surface area (Å²) in [5.74, 6) is -8.84. The molecule has 22 N–H and O–H groups in total. The van der Waals surface area contributed by atoms with Crippen LogP contribution in [-0.2, 0) is 38.4 Å². The van der Waals surface area contributed by atoms with Gasteiger partial charge in [0, 0.05) is 19.6 Å². The van der Waals surface area contributed by atoms with Gasteiger partial charge < -0.3 is 82.2 Å². The van der Waals surface area contributed by atoms with Crippen LogP contribution in [0.25, 0.3) is 0 Å². The van der Waals surface area contributed by atoms with Gasteiger partial charge in [0.25, 0.3) is 0 Å². The molecule has 0 fully saturated rings. The molecule has 0 rings (SSSR count). The Labute approximate surface area is 366 Å². The average molecular weight is 899 g/mol. The van der Waals surface area contributed by atoms with E-state index in [1.165, 1.54) is 6.92 Å². The van der Waals surface area contributed by atoms with Gasteiger partial charge in [-0.1, -0.05) is 27.7 Å². The van der Waals surface area contributed by atoms with Crippen LogP contribution in [0, 0.1) is 11.8 Å². The van der Waals surface area contributed by atoms with E-state index >= 15 is 0 Å². The topological polar surface area (TPSA) is 468 Å². The van der Waals surface area contributed by atoms with E-state index in [1.54, 1.807) is 13.8 Å². The van der Waals surface area contributed by atoms with E-state index in [4.69, 9.17) is 40.1 Å². The summed E-state index contributed by atoms with van der Waals surface area (Å²) < 4.78 is 0. The van der Waals surface area contributed by atoms with Gasteiger partial charge >= 0.3 is 11.9 Å². The van der Waals surface area contributed by atoms with Crippen LogP contribution < -0.4 is 72.0 Å². The molecule has 7 atom stereocenters. The van der Waals surface area contributed by atoms with Gasteiger partial charge in [0.15, 0.2) is 17.9 Å². The minimum atomic E-state index is -1.75. The van der Waals surface area contributed by atoms with Crippen molar-refractivity contribution in [2.75, 3.05) is 19.6 Å². The number of amides is 6. The Morgan fingerprint density at radius 1 is 0.460 bits per heavy atom. The molecule has 358 valence electrons. The number of nitrogens with one attached hydrogen (secondary N) is 6. The van der Waals surface area contributed by atoms with Crippen LogP contribution in [0.1, 0.15) is 92.4 Å². The summed E-state index contributed by atoms with van der Waals surface area (Å²) in [6.07, 6.45) is 0.0390. The predicted octanol–water partition coefficient (Wildman–Crippen LogP) is -4.95. The highest BCUT2D eigenvalue weighted by Gasteiger charge is 2.34. The lowest BCUT2D eigenvalue weighted by molar-refractivity contribution is -0.144. The fourth-order valence-electron chi connectivity index (χ4n) is 5.75. The van der Waals surface area contributed by atoms with Crippen LogP contribution in [0.2, 0.25) is 0 Å². The molecule has 0 spiro atoms. The molecule has 26 nitrogen and oxygen atoms in total. The second-order valence-electron chi connectivity index (χ2n) is 15.7. The third kappa shape index (κ3) is 25.8. The lowest BCUT2D eigenvalue weighted by atomic mass is 10.0. The SMILES string of the molecule is CC(C)C[C@H](NC(=O)[C@H](C)NC(=O)[C@H](CCCN=C(N)N)NC(=O)[C@H](CC(C)C)NC(=O)[C@@H](N)CCCN=C(N)N)C(=O)N[C@@H](CC(=O)O)C(=O)N[C@@H](CCCN=C(N)N)C(=O)O. The van der Waals surface area contributed by atoms with E-state index < -0.39 is 96.1 Å². The minimum Gasteiger partial charge on any atom is -0.481 e. The molecule has 0 heterocycles. The maximum atomic E-state index is 13.7. The smallest absolute Gasteiger partial charge is 0.326 e. The zero-order valence-corrected chi connectivity index (χ0v) is 36.7. The molecular weight excluding hydrogens is 829 g/mol. The minimum absolute atomic E-state index is 0.00540. The Kier molecular flexibility index (Phi) is 26.7. The van der Waals surface area contributed by atoms with Crippen LogP contribution in [0.5, 0.6) is 0 Å². The predicted molar refractivity (Wildman–Crippen MR) is 234 cm³/mol. The summed E-state index contributed by atoms with van der Waals surface area (Å²) in [5.41, 5.74) is 38.1. The van der Waals surface area contributed by atoms with E-state index in [1.807, 2.05) is 13.8 Å². The van der Waals surface area contributed by atoms with Crippen molar-refractivity contribution >= 4 is 65.3 Å². The molecule has 0 aromatic rings. The number of hydrogen-bond acceptors (Lipinski definition) is 12. The highest BCUT2D eigenvalue weighted by molar-refractivity contribution is 5.97. The normalized spacial score (nSPS) is 14.2. The van der Waals surface area contributed by atoms with Gasteiger partial charge in [-0.05, 0) is 70.1 Å². The first-order chi connectivity index (χ1) is 29.3. The van der Waals surface area contributed by atoms with Gasteiger partial charge in [-0.2, -0.15) is 0 Å². The largest absolute Gasteiger partial charge is 0.481 e. The first kappa shape index (κ1) is 56.5. The fraction of sp³-hybridized carbons (Fsp3) is 0.703. The monoisotopic (exact) mass is 899 g/mol. The van der Waals surface area contributed by atoms with Crippen LogP contribution >= 0.6 is 0 Å². The van der Waals surface area contributed by atoms with E-state index in [0.29, 0.717) is 6.42 Å². The summed E-state index contributed by atoms with van der Waals surface area (Å²) in [6, 6.07) is -9.29. The Hall–Kier alpha value is -6.47. The van der Waals surface area contributed by atoms with E-state index in [2.05, 4.69) is 46.9 Å². The van der Waals surface area contributed by atoms with Gasteiger partial charge in [-0.3, -0.25) is 48.5 Å². The Morgan fingerprint density at radius 2 is 0.810 bits per heavy atom. The van der Waals surface area contributed by atoms with Crippen molar-refractivity contribution in [1.29, 1.82) is 0 Å². The third-order valence-corrected chi connectivity index (χ3v) is 8.89.